The fourth-order valence-corrected chi connectivity index (χ4v) is 4.96. The fraction of sp³-hybridized carbons (Fsp3) is 0.120. The molecule has 0 bridgehead atoms. The number of carbonyl (C=O) groups is 1. The Morgan fingerprint density at radius 3 is 2.68 bits per heavy atom. The Morgan fingerprint density at radius 2 is 1.95 bits per heavy atom. The van der Waals surface area contributed by atoms with Gasteiger partial charge in [0.15, 0.2) is 0 Å². The third-order valence-electron chi connectivity index (χ3n) is 6.43. The summed E-state index contributed by atoms with van der Waals surface area (Å²) in [7, 11) is 0. The number of hydrogen-bond acceptors (Lipinski definition) is 6. The average molecular weight is 533 g/mol. The van der Waals surface area contributed by atoms with E-state index in [-0.39, 0.29) is 17.1 Å². The lowest BCUT2D eigenvalue weighted by atomic mass is 10.0. The second-order valence-corrected chi connectivity index (χ2v) is 9.15. The Balaban J connectivity index is 1.35. The van der Waals surface area contributed by atoms with Crippen LogP contribution < -0.4 is 10.9 Å². The summed E-state index contributed by atoms with van der Waals surface area (Å²) in [5.74, 6) is -0.417. The first-order chi connectivity index (χ1) is 18.4. The van der Waals surface area contributed by atoms with Crippen molar-refractivity contribution in [3.8, 4) is 28.2 Å². The first-order valence-electron chi connectivity index (χ1n) is 11.5. The zero-order chi connectivity index (χ0) is 26.4. The standard InChI is InChI=1S/C25H18ClFN8O3/c26-15-3-7-19(34-12-28-32-33-34)18(11-15)14-9-17-6-8-20(35(17)21(36)10-14)22-23(27)31-24(30-22)13-1-4-16(5-2-13)29-25(37)38/h1-5,7,9-12,20,29H,6,8H2,(H,30,31)(H,37,38)/t20-/m0/s1. The number of hydrogen-bond donors (Lipinski definition) is 3. The van der Waals surface area contributed by atoms with Gasteiger partial charge in [0.2, 0.25) is 5.95 Å². The third-order valence-corrected chi connectivity index (χ3v) is 6.66. The molecule has 1 atom stereocenters. The number of nitrogens with one attached hydrogen (secondary N) is 2. The molecule has 13 heteroatoms. The minimum atomic E-state index is -1.18. The predicted octanol–water partition coefficient (Wildman–Crippen LogP) is 4.30. The van der Waals surface area contributed by atoms with Gasteiger partial charge in [0.25, 0.3) is 5.56 Å². The maximum atomic E-state index is 15.0. The van der Waals surface area contributed by atoms with E-state index in [4.69, 9.17) is 16.7 Å². The van der Waals surface area contributed by atoms with Gasteiger partial charge in [-0.05, 0) is 77.4 Å². The van der Waals surface area contributed by atoms with E-state index in [9.17, 15) is 9.59 Å². The van der Waals surface area contributed by atoms with Gasteiger partial charge in [-0.15, -0.1) is 5.10 Å². The van der Waals surface area contributed by atoms with E-state index in [0.717, 1.165) is 5.69 Å². The molecule has 0 aliphatic carbocycles. The van der Waals surface area contributed by atoms with Crippen molar-refractivity contribution in [2.24, 2.45) is 0 Å². The fourth-order valence-electron chi connectivity index (χ4n) is 4.79. The monoisotopic (exact) mass is 532 g/mol. The number of aromatic amines is 1. The molecular formula is C25H18ClFN8O3. The van der Waals surface area contributed by atoms with Gasteiger partial charge in [-0.1, -0.05) is 11.6 Å². The molecule has 4 heterocycles. The van der Waals surface area contributed by atoms with Crippen LogP contribution in [-0.2, 0) is 6.42 Å². The first kappa shape index (κ1) is 23.6. The Labute approximate surface area is 218 Å². The molecular weight excluding hydrogens is 515 g/mol. The molecule has 2 aromatic carbocycles. The Hall–Kier alpha value is -4.84. The highest BCUT2D eigenvalue weighted by Gasteiger charge is 2.30. The van der Waals surface area contributed by atoms with E-state index in [0.29, 0.717) is 45.9 Å². The Bertz CT molecular complexity index is 1730. The van der Waals surface area contributed by atoms with Gasteiger partial charge >= 0.3 is 6.09 Å². The lowest BCUT2D eigenvalue weighted by Gasteiger charge is -2.15. The second kappa shape index (κ2) is 9.23. The summed E-state index contributed by atoms with van der Waals surface area (Å²) in [6.07, 6.45) is 1.34. The minimum Gasteiger partial charge on any atom is -0.465 e. The van der Waals surface area contributed by atoms with Crippen LogP contribution in [0.25, 0.3) is 28.2 Å². The maximum Gasteiger partial charge on any atom is 0.409 e. The van der Waals surface area contributed by atoms with E-state index in [1.807, 2.05) is 6.07 Å². The van der Waals surface area contributed by atoms with E-state index in [1.165, 1.54) is 17.1 Å². The lowest BCUT2D eigenvalue weighted by Crippen LogP contribution is -2.24. The van der Waals surface area contributed by atoms with Crippen LogP contribution in [0.2, 0.25) is 5.02 Å². The molecule has 3 N–H and O–H groups in total. The van der Waals surface area contributed by atoms with Gasteiger partial charge in [0, 0.05) is 33.6 Å². The number of aryl methyl sites for hydroxylation is 1. The number of halogens is 2. The largest absolute Gasteiger partial charge is 0.465 e. The molecule has 1 amide bonds. The number of amides is 1. The topological polar surface area (TPSA) is 144 Å². The van der Waals surface area contributed by atoms with Crippen LogP contribution in [-0.4, -0.2) is 45.9 Å². The normalized spacial score (nSPS) is 14.4. The molecule has 0 radical (unpaired) electrons. The summed E-state index contributed by atoms with van der Waals surface area (Å²) >= 11 is 6.26. The summed E-state index contributed by atoms with van der Waals surface area (Å²) in [6, 6.07) is 14.4. The van der Waals surface area contributed by atoms with Crippen LogP contribution in [0.3, 0.4) is 0 Å². The molecule has 1 aliphatic heterocycles. The maximum absolute atomic E-state index is 15.0. The van der Waals surface area contributed by atoms with Crippen molar-refractivity contribution in [3.63, 3.8) is 0 Å². The SMILES string of the molecule is O=C(O)Nc1ccc(-c2nc(F)c([C@@H]3CCc4cc(-c5cc(Cl)ccc5-n5cnnn5)cc(=O)n43)[nH]2)cc1. The van der Waals surface area contributed by atoms with Crippen LogP contribution in [0, 0.1) is 5.95 Å². The van der Waals surface area contributed by atoms with Crippen molar-refractivity contribution in [1.82, 2.24) is 34.7 Å². The molecule has 0 saturated carbocycles. The van der Waals surface area contributed by atoms with Gasteiger partial charge in [0.05, 0.1) is 17.4 Å². The van der Waals surface area contributed by atoms with Crippen molar-refractivity contribution in [1.29, 1.82) is 0 Å². The van der Waals surface area contributed by atoms with Crippen molar-refractivity contribution >= 4 is 23.4 Å². The van der Waals surface area contributed by atoms with Gasteiger partial charge in [-0.25, -0.2) is 9.78 Å². The summed E-state index contributed by atoms with van der Waals surface area (Å²) in [5.41, 5.74) is 3.61. The third kappa shape index (κ3) is 4.20. The van der Waals surface area contributed by atoms with Gasteiger partial charge in [0.1, 0.15) is 12.2 Å². The molecule has 0 spiro atoms. The number of carboxylic acid groups (broad SMARTS) is 1. The molecule has 1 aliphatic rings. The number of tetrazole rings is 1. The quantitative estimate of drug-likeness (QED) is 0.306. The van der Waals surface area contributed by atoms with E-state index in [1.54, 1.807) is 47.0 Å². The van der Waals surface area contributed by atoms with Crippen LogP contribution >= 0.6 is 11.6 Å². The van der Waals surface area contributed by atoms with E-state index < -0.39 is 18.1 Å². The first-order valence-corrected chi connectivity index (χ1v) is 11.9. The molecule has 5 aromatic rings. The molecule has 6 rings (SSSR count). The molecule has 11 nitrogen and oxygen atoms in total. The van der Waals surface area contributed by atoms with Crippen LogP contribution in [0.5, 0.6) is 0 Å². The summed E-state index contributed by atoms with van der Waals surface area (Å²) in [6.45, 7) is 0. The predicted molar refractivity (Wildman–Crippen MR) is 136 cm³/mol. The number of pyridine rings is 1. The summed E-state index contributed by atoms with van der Waals surface area (Å²) in [4.78, 5) is 31.2. The van der Waals surface area contributed by atoms with Gasteiger partial charge in [-0.2, -0.15) is 9.07 Å². The molecule has 38 heavy (non-hydrogen) atoms. The van der Waals surface area contributed by atoms with Crippen molar-refractivity contribution in [3.05, 3.63) is 93.6 Å². The van der Waals surface area contributed by atoms with Gasteiger partial charge < -0.3 is 14.7 Å². The van der Waals surface area contributed by atoms with Crippen LogP contribution in [0.15, 0.2) is 65.7 Å². The lowest BCUT2D eigenvalue weighted by molar-refractivity contribution is 0.209. The number of fused-ring (bicyclic) bond motifs is 1. The second-order valence-electron chi connectivity index (χ2n) is 8.71. The van der Waals surface area contributed by atoms with E-state index in [2.05, 4.69) is 30.8 Å². The average Bonchev–Trinajstić information content (AvgIpc) is 3.64. The highest BCUT2D eigenvalue weighted by Crippen LogP contribution is 2.35. The zero-order valence-electron chi connectivity index (χ0n) is 19.5. The Morgan fingerprint density at radius 1 is 1.13 bits per heavy atom. The number of anilines is 1. The zero-order valence-corrected chi connectivity index (χ0v) is 20.2. The van der Waals surface area contributed by atoms with Crippen molar-refractivity contribution in [2.75, 3.05) is 5.32 Å². The molecule has 0 saturated heterocycles. The smallest absolute Gasteiger partial charge is 0.409 e. The highest BCUT2D eigenvalue weighted by molar-refractivity contribution is 6.31. The van der Waals surface area contributed by atoms with Crippen molar-refractivity contribution < 1.29 is 14.3 Å². The summed E-state index contributed by atoms with van der Waals surface area (Å²) in [5, 5.41) is 22.9. The van der Waals surface area contributed by atoms with Gasteiger partial charge in [-0.3, -0.25) is 10.1 Å². The minimum absolute atomic E-state index is 0.207. The number of aromatic nitrogens is 7. The highest BCUT2D eigenvalue weighted by atomic mass is 35.5. The van der Waals surface area contributed by atoms with Crippen molar-refractivity contribution in [2.45, 2.75) is 18.9 Å². The number of imidazole rings is 1. The molecule has 3 aromatic heterocycles. The number of H-pyrrole nitrogens is 1. The Kier molecular flexibility index (Phi) is 5.72. The number of benzene rings is 2. The van der Waals surface area contributed by atoms with Crippen LogP contribution in [0.4, 0.5) is 14.9 Å². The number of rotatable bonds is 5. The van der Waals surface area contributed by atoms with E-state index >= 15 is 4.39 Å². The summed E-state index contributed by atoms with van der Waals surface area (Å²) < 4.78 is 18.1. The number of nitrogens with zero attached hydrogens (tertiary/aromatic N) is 6. The molecule has 190 valence electrons. The van der Waals surface area contributed by atoms with Crippen LogP contribution in [0.1, 0.15) is 23.9 Å². The molecule has 0 fully saturated rings. The molecule has 0 unspecified atom stereocenters.